The van der Waals surface area contributed by atoms with Crippen LogP contribution in [-0.4, -0.2) is 75.2 Å². The van der Waals surface area contributed by atoms with Gasteiger partial charge in [0.05, 0.1) is 35.7 Å². The number of carbonyl (C=O) groups is 2. The maximum Gasteiger partial charge on any atom is 0.240 e. The van der Waals surface area contributed by atoms with E-state index < -0.39 is 24.3 Å². The molecule has 2 aromatic heterocycles. The van der Waals surface area contributed by atoms with Crippen LogP contribution in [0.25, 0.3) is 0 Å². The number of aromatic nitrogens is 2. The van der Waals surface area contributed by atoms with Crippen LogP contribution >= 0.6 is 0 Å². The van der Waals surface area contributed by atoms with Crippen molar-refractivity contribution in [3.05, 3.63) is 119 Å². The largest absolute Gasteiger partial charge is 0.487 e. The van der Waals surface area contributed by atoms with Crippen molar-refractivity contribution in [1.29, 1.82) is 0 Å². The van der Waals surface area contributed by atoms with Gasteiger partial charge in [-0.25, -0.2) is 0 Å². The minimum absolute atomic E-state index is 0.0616. The number of pyridine rings is 2. The standard InChI is InChI=1S/C44H59N4O6/c1-30(2)24-40(45-5)44(52)48(6)41(25-31(3)16-17-32(4)49)43(51)38-14-11-15-42(54-29-35-13-8-10-23-47-35)39(38)27-36(50)26-33-18-20-37(21-19-33)53-28-34-12-7-9-22-46-34/h7-10,12-15,18-23,30-32,36,40-41,45,49-50H,11,16-17,24-29H2,1-6H3/t31?,32?,36?,40-,41-/m0/s1. The van der Waals surface area contributed by atoms with Gasteiger partial charge in [0.15, 0.2) is 5.78 Å². The zero-order valence-corrected chi connectivity index (χ0v) is 32.8. The van der Waals surface area contributed by atoms with Crippen LogP contribution in [-0.2, 0) is 34.0 Å². The number of Topliss-reactive ketones (excluding diaryl/α,β-unsaturated/α-hetero) is 1. The Bertz CT molecular complexity index is 1660. The molecule has 1 amide bonds. The fraction of sp³-hybridized carbons (Fsp3) is 0.477. The van der Waals surface area contributed by atoms with E-state index in [0.717, 1.165) is 17.0 Å². The number of hydrogen-bond acceptors (Lipinski definition) is 9. The minimum atomic E-state index is -0.834. The van der Waals surface area contributed by atoms with E-state index >= 15 is 0 Å². The second-order valence-electron chi connectivity index (χ2n) is 14.9. The van der Waals surface area contributed by atoms with Gasteiger partial charge in [-0.2, -0.15) is 0 Å². The monoisotopic (exact) mass is 739 g/mol. The highest BCUT2D eigenvalue weighted by molar-refractivity contribution is 6.04. The van der Waals surface area contributed by atoms with E-state index in [-0.39, 0.29) is 36.6 Å². The molecular formula is C44H59N4O6. The predicted octanol–water partition coefficient (Wildman–Crippen LogP) is 6.57. The molecular weight excluding hydrogens is 681 g/mol. The number of aliphatic hydroxyl groups is 2. The smallest absolute Gasteiger partial charge is 0.240 e. The number of carbonyl (C=O) groups excluding carboxylic acids is 2. The lowest BCUT2D eigenvalue weighted by molar-refractivity contribution is -0.139. The van der Waals surface area contributed by atoms with Gasteiger partial charge in [0.2, 0.25) is 5.91 Å². The van der Waals surface area contributed by atoms with Gasteiger partial charge in [0.1, 0.15) is 24.7 Å². The number of allylic oxidation sites excluding steroid dienone is 2. The summed E-state index contributed by atoms with van der Waals surface area (Å²) in [4.78, 5) is 39.1. The first kappa shape index (κ1) is 42.4. The molecule has 10 nitrogen and oxygen atoms in total. The van der Waals surface area contributed by atoms with Gasteiger partial charge in [-0.1, -0.05) is 45.0 Å². The van der Waals surface area contributed by atoms with E-state index in [1.807, 2.05) is 73.2 Å². The van der Waals surface area contributed by atoms with Crippen molar-refractivity contribution in [2.24, 2.45) is 11.8 Å². The summed E-state index contributed by atoms with van der Waals surface area (Å²) < 4.78 is 12.2. The Morgan fingerprint density at radius 1 is 0.852 bits per heavy atom. The number of rotatable bonds is 22. The lowest BCUT2D eigenvalue weighted by atomic mass is 9.83. The Hall–Kier alpha value is -4.38. The van der Waals surface area contributed by atoms with Crippen LogP contribution in [0.2, 0.25) is 0 Å². The molecule has 3 N–H and O–H groups in total. The molecule has 0 spiro atoms. The highest BCUT2D eigenvalue weighted by atomic mass is 16.5. The minimum Gasteiger partial charge on any atom is -0.487 e. The first-order valence-corrected chi connectivity index (χ1v) is 19.2. The zero-order chi connectivity index (χ0) is 39.0. The molecule has 1 aliphatic carbocycles. The van der Waals surface area contributed by atoms with E-state index in [1.165, 1.54) is 0 Å². The van der Waals surface area contributed by atoms with Gasteiger partial charge in [0, 0.05) is 37.0 Å². The topological polar surface area (TPSA) is 134 Å². The summed E-state index contributed by atoms with van der Waals surface area (Å²) in [6.45, 7) is 8.52. The molecule has 1 radical (unpaired) electrons. The molecule has 3 aromatic rings. The van der Waals surface area contributed by atoms with Crippen LogP contribution < -0.4 is 10.1 Å². The van der Waals surface area contributed by atoms with Gasteiger partial charge in [-0.3, -0.25) is 19.6 Å². The molecule has 4 rings (SSSR count). The molecule has 10 heteroatoms. The van der Waals surface area contributed by atoms with E-state index in [2.05, 4.69) is 36.1 Å². The average molecular weight is 740 g/mol. The molecule has 2 heterocycles. The van der Waals surface area contributed by atoms with E-state index in [1.54, 1.807) is 38.3 Å². The Morgan fingerprint density at radius 2 is 1.50 bits per heavy atom. The summed E-state index contributed by atoms with van der Waals surface area (Å²) >= 11 is 0. The molecule has 0 fully saturated rings. The summed E-state index contributed by atoms with van der Waals surface area (Å²) in [6, 6.07) is 17.7. The van der Waals surface area contributed by atoms with Crippen molar-refractivity contribution in [3.8, 4) is 5.75 Å². The number of nitrogens with one attached hydrogen (secondary N) is 1. The second kappa shape index (κ2) is 21.5. The Morgan fingerprint density at radius 3 is 2.07 bits per heavy atom. The van der Waals surface area contributed by atoms with Crippen LogP contribution in [0.1, 0.15) is 83.2 Å². The third-order valence-electron chi connectivity index (χ3n) is 9.74. The maximum absolute atomic E-state index is 14.9. The van der Waals surface area contributed by atoms with Crippen molar-refractivity contribution >= 4 is 11.7 Å². The summed E-state index contributed by atoms with van der Waals surface area (Å²) in [7, 11) is 3.49. The van der Waals surface area contributed by atoms with Gasteiger partial charge in [-0.05, 0) is 119 Å². The molecule has 291 valence electrons. The quantitative estimate of drug-likeness (QED) is 0.105. The number of amides is 1. The van der Waals surface area contributed by atoms with Crippen molar-refractivity contribution in [1.82, 2.24) is 20.2 Å². The molecule has 0 saturated carbocycles. The molecule has 54 heavy (non-hydrogen) atoms. The van der Waals surface area contributed by atoms with Crippen LogP contribution in [0.4, 0.5) is 0 Å². The highest BCUT2D eigenvalue weighted by Crippen LogP contribution is 2.34. The van der Waals surface area contributed by atoms with E-state index in [0.29, 0.717) is 67.8 Å². The summed E-state index contributed by atoms with van der Waals surface area (Å²) in [6.07, 6.45) is 9.33. The van der Waals surface area contributed by atoms with E-state index in [4.69, 9.17) is 9.47 Å². The highest BCUT2D eigenvalue weighted by Gasteiger charge is 2.36. The van der Waals surface area contributed by atoms with Gasteiger partial charge >= 0.3 is 0 Å². The van der Waals surface area contributed by atoms with Gasteiger partial charge in [0.25, 0.3) is 0 Å². The molecule has 0 aliphatic heterocycles. The summed E-state index contributed by atoms with van der Waals surface area (Å²) in [5.74, 6) is 1.25. The molecule has 0 bridgehead atoms. The summed E-state index contributed by atoms with van der Waals surface area (Å²) in [5.41, 5.74) is 3.56. The molecule has 5 atom stereocenters. The number of benzene rings is 1. The average Bonchev–Trinajstić information content (AvgIpc) is 3.17. The third-order valence-corrected chi connectivity index (χ3v) is 9.74. The second-order valence-corrected chi connectivity index (χ2v) is 14.9. The number of aliphatic hydroxyl groups excluding tert-OH is 2. The first-order chi connectivity index (χ1) is 25.9. The summed E-state index contributed by atoms with van der Waals surface area (Å²) in [5, 5.41) is 24.7. The fourth-order valence-corrected chi connectivity index (χ4v) is 6.70. The molecule has 0 saturated heterocycles. The molecule has 3 unspecified atom stereocenters. The fourth-order valence-electron chi connectivity index (χ4n) is 6.70. The molecule has 1 aliphatic rings. The number of ketones is 1. The van der Waals surface area contributed by atoms with Gasteiger partial charge < -0.3 is 29.9 Å². The SMILES string of the molecule is CN[C@@H](CC(C)C)C(=O)N(C)[C@@H](CC(C)CCC(C)O)C(=O)C1=C(CC(O)Cc2ccc(OCc3ccccn3)cc2)C(OCc2ccccn2)=CC[CH]1. The third kappa shape index (κ3) is 13.2. The van der Waals surface area contributed by atoms with Crippen molar-refractivity contribution in [3.63, 3.8) is 0 Å². The number of nitrogens with zero attached hydrogens (tertiary/aromatic N) is 3. The van der Waals surface area contributed by atoms with Crippen LogP contribution in [0, 0.1) is 18.3 Å². The lowest BCUT2D eigenvalue weighted by Gasteiger charge is -2.34. The van der Waals surface area contributed by atoms with Crippen molar-refractivity contribution in [2.45, 2.75) is 110 Å². The van der Waals surface area contributed by atoms with Crippen LogP contribution in [0.5, 0.6) is 5.75 Å². The Kier molecular flexibility index (Phi) is 16.9. The maximum atomic E-state index is 14.9. The Labute approximate surface area is 321 Å². The zero-order valence-electron chi connectivity index (χ0n) is 32.8. The van der Waals surface area contributed by atoms with Gasteiger partial charge in [-0.15, -0.1) is 0 Å². The number of hydrogen-bond donors (Lipinski definition) is 3. The predicted molar refractivity (Wildman–Crippen MR) is 211 cm³/mol. The van der Waals surface area contributed by atoms with E-state index in [9.17, 15) is 19.8 Å². The number of ether oxygens (including phenoxy) is 2. The molecule has 1 aromatic carbocycles. The van der Waals surface area contributed by atoms with Crippen molar-refractivity contribution in [2.75, 3.05) is 14.1 Å². The first-order valence-electron chi connectivity index (χ1n) is 19.2. The number of likely N-dealkylation sites (N-methyl/N-ethyl adjacent to an activating group) is 2. The normalized spacial score (nSPS) is 15.9. The van der Waals surface area contributed by atoms with Crippen LogP contribution in [0.3, 0.4) is 0 Å². The van der Waals surface area contributed by atoms with Crippen LogP contribution in [0.15, 0.2) is 96.0 Å². The Balaban J connectivity index is 1.61. The van der Waals surface area contributed by atoms with Crippen molar-refractivity contribution < 1.29 is 29.3 Å². The lowest BCUT2D eigenvalue weighted by Crippen LogP contribution is -2.51.